The molecule has 7 nitrogen and oxygen atoms in total. The van der Waals surface area contributed by atoms with Crippen LogP contribution in [0.25, 0.3) is 0 Å². The minimum absolute atomic E-state index is 0.0556. The number of fused-ring (bicyclic) bond motifs is 1. The average Bonchev–Trinajstić information content (AvgIpc) is 2.53. The smallest absolute Gasteiger partial charge is 0.343 e. The van der Waals surface area contributed by atoms with Gasteiger partial charge >= 0.3 is 5.63 Å². The summed E-state index contributed by atoms with van der Waals surface area (Å²) in [6.45, 7) is 1.61. The van der Waals surface area contributed by atoms with Gasteiger partial charge in [-0.05, 0) is 24.6 Å². The minimum Gasteiger partial charge on any atom is -0.504 e. The van der Waals surface area contributed by atoms with E-state index in [-0.39, 0.29) is 34.3 Å². The molecule has 2 aromatic rings. The second-order valence-electron chi connectivity index (χ2n) is 5.28. The number of benzene rings is 1. The zero-order chi connectivity index (χ0) is 17.4. The molecule has 0 aliphatic carbocycles. The van der Waals surface area contributed by atoms with E-state index in [4.69, 9.17) is 19.6 Å². The van der Waals surface area contributed by atoms with Crippen LogP contribution in [0.3, 0.4) is 0 Å². The van der Waals surface area contributed by atoms with Gasteiger partial charge in [0, 0.05) is 6.07 Å². The third kappa shape index (κ3) is 2.34. The molecule has 24 heavy (non-hydrogen) atoms. The van der Waals surface area contributed by atoms with Crippen LogP contribution in [0.5, 0.6) is 17.2 Å². The first-order chi connectivity index (χ1) is 11.5. The van der Waals surface area contributed by atoms with Crippen LogP contribution < -0.4 is 20.8 Å². The number of methoxy groups -OCH3 is 1. The van der Waals surface area contributed by atoms with Gasteiger partial charge < -0.3 is 24.7 Å². The van der Waals surface area contributed by atoms with Crippen LogP contribution in [0.4, 0.5) is 0 Å². The predicted octanol–water partition coefficient (Wildman–Crippen LogP) is 1.88. The van der Waals surface area contributed by atoms with Crippen molar-refractivity contribution >= 4 is 0 Å². The van der Waals surface area contributed by atoms with Crippen molar-refractivity contribution in [2.45, 2.75) is 12.8 Å². The monoisotopic (exact) mass is 326 g/mol. The number of aryl methyl sites for hydroxylation is 1. The number of hydrogen-bond acceptors (Lipinski definition) is 7. The Labute approximate surface area is 137 Å². The van der Waals surface area contributed by atoms with Crippen molar-refractivity contribution < 1.29 is 19.0 Å². The third-order valence-corrected chi connectivity index (χ3v) is 3.79. The number of phenolic OH excluding ortho intramolecular Hbond substituents is 1. The maximum atomic E-state index is 12.4. The van der Waals surface area contributed by atoms with Gasteiger partial charge in [0.2, 0.25) is 5.88 Å². The van der Waals surface area contributed by atoms with E-state index < -0.39 is 11.5 Å². The molecular weight excluding hydrogens is 312 g/mol. The molecule has 0 spiro atoms. The van der Waals surface area contributed by atoms with E-state index >= 15 is 0 Å². The molecule has 1 aromatic carbocycles. The van der Waals surface area contributed by atoms with Crippen molar-refractivity contribution in [2.75, 3.05) is 7.11 Å². The molecule has 0 amide bonds. The fourth-order valence-corrected chi connectivity index (χ4v) is 2.72. The molecule has 0 saturated heterocycles. The lowest BCUT2D eigenvalue weighted by Gasteiger charge is -2.25. The van der Waals surface area contributed by atoms with Crippen LogP contribution >= 0.6 is 0 Å². The van der Waals surface area contributed by atoms with E-state index in [1.165, 1.54) is 13.2 Å². The van der Waals surface area contributed by atoms with Gasteiger partial charge in [-0.25, -0.2) is 4.79 Å². The summed E-state index contributed by atoms with van der Waals surface area (Å²) in [4.78, 5) is 12.4. The Kier molecular flexibility index (Phi) is 3.66. The zero-order valence-corrected chi connectivity index (χ0v) is 13.0. The lowest BCUT2D eigenvalue weighted by Crippen LogP contribution is -2.26. The maximum absolute atomic E-state index is 12.4. The summed E-state index contributed by atoms with van der Waals surface area (Å²) >= 11 is 0. The number of ether oxygens (including phenoxy) is 2. The fourth-order valence-electron chi connectivity index (χ4n) is 2.72. The van der Waals surface area contributed by atoms with Gasteiger partial charge in [-0.3, -0.25) is 0 Å². The lowest BCUT2D eigenvalue weighted by atomic mass is 9.84. The van der Waals surface area contributed by atoms with E-state index in [2.05, 4.69) is 0 Å². The van der Waals surface area contributed by atoms with Crippen LogP contribution in [0.15, 0.2) is 44.9 Å². The van der Waals surface area contributed by atoms with E-state index in [0.29, 0.717) is 11.3 Å². The number of rotatable bonds is 2. The second kappa shape index (κ2) is 5.66. The fraction of sp³-hybridized carbons (Fsp3) is 0.176. The number of nitriles is 1. The summed E-state index contributed by atoms with van der Waals surface area (Å²) < 4.78 is 15.7. The highest BCUT2D eigenvalue weighted by Crippen LogP contribution is 2.42. The quantitative estimate of drug-likeness (QED) is 0.864. The third-order valence-electron chi connectivity index (χ3n) is 3.79. The van der Waals surface area contributed by atoms with Crippen LogP contribution in [-0.4, -0.2) is 12.2 Å². The number of allylic oxidation sites excluding steroid dienone is 1. The van der Waals surface area contributed by atoms with Crippen LogP contribution in [0.1, 0.15) is 22.8 Å². The van der Waals surface area contributed by atoms with Crippen LogP contribution in [0, 0.1) is 18.3 Å². The Morgan fingerprint density at radius 2 is 2.12 bits per heavy atom. The lowest BCUT2D eigenvalue weighted by molar-refractivity contribution is 0.367. The molecular formula is C17H14N2O5. The molecule has 0 radical (unpaired) electrons. The molecule has 0 saturated carbocycles. The zero-order valence-electron chi connectivity index (χ0n) is 13.0. The molecule has 7 heteroatoms. The van der Waals surface area contributed by atoms with Crippen molar-refractivity contribution in [1.29, 1.82) is 5.26 Å². The summed E-state index contributed by atoms with van der Waals surface area (Å²) in [7, 11) is 1.41. The van der Waals surface area contributed by atoms with Gasteiger partial charge in [-0.2, -0.15) is 5.26 Å². The van der Waals surface area contributed by atoms with Gasteiger partial charge in [-0.15, -0.1) is 0 Å². The largest absolute Gasteiger partial charge is 0.504 e. The highest BCUT2D eigenvalue weighted by Gasteiger charge is 2.34. The Morgan fingerprint density at radius 1 is 1.38 bits per heavy atom. The van der Waals surface area contributed by atoms with Gasteiger partial charge in [0.15, 0.2) is 11.5 Å². The molecule has 0 bridgehead atoms. The van der Waals surface area contributed by atoms with Crippen molar-refractivity contribution in [3.63, 3.8) is 0 Å². The first-order valence-corrected chi connectivity index (χ1v) is 7.05. The van der Waals surface area contributed by atoms with Crippen LogP contribution in [0.2, 0.25) is 0 Å². The molecule has 1 aliphatic rings. The Bertz CT molecular complexity index is 952. The Morgan fingerprint density at radius 3 is 2.79 bits per heavy atom. The predicted molar refractivity (Wildman–Crippen MR) is 83.7 cm³/mol. The number of hydrogen-bond donors (Lipinski definition) is 2. The Hall–Kier alpha value is -3.40. The SMILES string of the molecule is COc1cc(C2C(C#N)=C(N)Oc3cc(C)oc(=O)c32)ccc1O. The highest BCUT2D eigenvalue weighted by atomic mass is 16.5. The number of phenols is 1. The molecule has 122 valence electrons. The molecule has 2 heterocycles. The molecule has 0 fully saturated rings. The van der Waals surface area contributed by atoms with E-state index in [1.54, 1.807) is 25.1 Å². The number of nitrogens with two attached hydrogens (primary N) is 1. The molecule has 1 unspecified atom stereocenters. The van der Waals surface area contributed by atoms with Crippen molar-refractivity contribution in [3.8, 4) is 23.3 Å². The normalized spacial score (nSPS) is 16.1. The summed E-state index contributed by atoms with van der Waals surface area (Å²) in [6.07, 6.45) is 0. The summed E-state index contributed by atoms with van der Waals surface area (Å²) in [5.41, 5.74) is 6.06. The Balaban J connectivity index is 2.30. The molecule has 1 aliphatic heterocycles. The van der Waals surface area contributed by atoms with E-state index in [0.717, 1.165) is 0 Å². The van der Waals surface area contributed by atoms with Crippen molar-refractivity contribution in [2.24, 2.45) is 5.73 Å². The summed E-state index contributed by atoms with van der Waals surface area (Å²) in [6, 6.07) is 8.07. The van der Waals surface area contributed by atoms with Gasteiger partial charge in [0.05, 0.1) is 18.6 Å². The highest BCUT2D eigenvalue weighted by molar-refractivity contribution is 5.56. The van der Waals surface area contributed by atoms with Gasteiger partial charge in [0.25, 0.3) is 0 Å². The van der Waals surface area contributed by atoms with Crippen molar-refractivity contribution in [1.82, 2.24) is 0 Å². The minimum atomic E-state index is -0.773. The summed E-state index contributed by atoms with van der Waals surface area (Å²) in [5, 5.41) is 19.2. The first-order valence-electron chi connectivity index (χ1n) is 7.05. The topological polar surface area (TPSA) is 119 Å². The molecule has 1 atom stereocenters. The standard InChI is InChI=1S/C17H14N2O5/c1-8-5-13-15(17(21)23-8)14(10(7-18)16(19)24-13)9-3-4-11(20)12(6-9)22-2/h3-6,14,20H,19H2,1-2H3. The van der Waals surface area contributed by atoms with Crippen LogP contribution in [-0.2, 0) is 0 Å². The second-order valence-corrected chi connectivity index (χ2v) is 5.28. The number of nitrogens with zero attached hydrogens (tertiary/aromatic N) is 1. The van der Waals surface area contributed by atoms with E-state index in [9.17, 15) is 15.2 Å². The molecule has 1 aromatic heterocycles. The van der Waals surface area contributed by atoms with E-state index in [1.807, 2.05) is 6.07 Å². The first kappa shape index (κ1) is 15.5. The van der Waals surface area contributed by atoms with Gasteiger partial charge in [-0.1, -0.05) is 6.07 Å². The van der Waals surface area contributed by atoms with Gasteiger partial charge in [0.1, 0.15) is 23.2 Å². The molecule has 3 N–H and O–H groups in total. The maximum Gasteiger partial charge on any atom is 0.343 e. The number of aromatic hydroxyl groups is 1. The average molecular weight is 326 g/mol. The molecule has 3 rings (SSSR count). The van der Waals surface area contributed by atoms with Crippen molar-refractivity contribution in [3.05, 3.63) is 63.0 Å². The summed E-state index contributed by atoms with van der Waals surface area (Å²) in [5.74, 6) is -0.0729.